The fraction of sp³-hybridized carbons (Fsp3) is 1.00. The van der Waals surface area contributed by atoms with Crippen LogP contribution in [0.2, 0.25) is 0 Å². The second kappa shape index (κ2) is 3.63. The van der Waals surface area contributed by atoms with E-state index in [0.717, 1.165) is 52.1 Å². The molecular formula is C21H33N. The standard InChI is InChI=1S/C21H33N/c1-4-7-13-16-10-19(13,16)22(20-11-17(20)14(20)8-5-2)21-12-18(21)15(21)9-6-3/h13-18H,4-12H2,1-3H3. The first kappa shape index (κ1) is 13.3. The zero-order valence-corrected chi connectivity index (χ0v) is 14.8. The van der Waals surface area contributed by atoms with Gasteiger partial charge in [-0.25, -0.2) is 0 Å². The van der Waals surface area contributed by atoms with Crippen molar-refractivity contribution in [3.05, 3.63) is 0 Å². The van der Waals surface area contributed by atoms with Crippen LogP contribution in [0.5, 0.6) is 0 Å². The normalized spacial score (nSPS) is 63.8. The summed E-state index contributed by atoms with van der Waals surface area (Å²) in [6.45, 7) is 7.21. The van der Waals surface area contributed by atoms with Crippen molar-refractivity contribution in [2.24, 2.45) is 35.5 Å². The van der Waals surface area contributed by atoms with E-state index in [-0.39, 0.29) is 0 Å². The number of hydrogen-bond donors (Lipinski definition) is 0. The Morgan fingerprint density at radius 3 is 1.18 bits per heavy atom. The largest absolute Gasteiger partial charge is 0.285 e. The van der Waals surface area contributed by atoms with Crippen LogP contribution >= 0.6 is 0 Å². The second-order valence-electron chi connectivity index (χ2n) is 9.93. The maximum Gasteiger partial charge on any atom is 0.0288 e. The van der Waals surface area contributed by atoms with Crippen LogP contribution < -0.4 is 0 Å². The van der Waals surface area contributed by atoms with Gasteiger partial charge in [0.2, 0.25) is 0 Å². The summed E-state index contributed by atoms with van der Waals surface area (Å²) in [7, 11) is 0. The van der Waals surface area contributed by atoms with E-state index >= 15 is 0 Å². The van der Waals surface area contributed by atoms with E-state index in [4.69, 9.17) is 0 Å². The summed E-state index contributed by atoms with van der Waals surface area (Å²) in [5.41, 5.74) is 2.31. The Balaban J connectivity index is 1.30. The molecule has 9 atom stereocenters. The quantitative estimate of drug-likeness (QED) is 0.588. The number of hydrogen-bond acceptors (Lipinski definition) is 1. The average Bonchev–Trinajstić information content (AvgIpc) is 3.32. The summed E-state index contributed by atoms with van der Waals surface area (Å²) in [6.07, 6.45) is 13.6. The second-order valence-corrected chi connectivity index (χ2v) is 9.93. The highest BCUT2D eigenvalue weighted by Gasteiger charge is 2.98. The highest BCUT2D eigenvalue weighted by Crippen LogP contribution is 2.93. The summed E-state index contributed by atoms with van der Waals surface area (Å²) in [4.78, 5) is 3.33. The molecule has 6 rings (SSSR count). The fourth-order valence-electron chi connectivity index (χ4n) is 7.76. The van der Waals surface area contributed by atoms with Gasteiger partial charge in [0.15, 0.2) is 0 Å². The minimum Gasteiger partial charge on any atom is -0.285 e. The number of rotatable bonds is 9. The minimum atomic E-state index is 0.768. The molecule has 0 aliphatic heterocycles. The summed E-state index contributed by atoms with van der Waals surface area (Å²) in [5, 5.41) is 0. The molecule has 0 radical (unpaired) electrons. The number of fused-ring (bicyclic) bond motifs is 3. The van der Waals surface area contributed by atoms with Gasteiger partial charge in [0, 0.05) is 16.6 Å². The van der Waals surface area contributed by atoms with Gasteiger partial charge in [-0.2, -0.15) is 0 Å². The summed E-state index contributed by atoms with van der Waals surface area (Å²) in [6, 6.07) is 0. The topological polar surface area (TPSA) is 3.24 Å². The Kier molecular flexibility index (Phi) is 2.19. The molecule has 0 aromatic heterocycles. The predicted octanol–water partition coefficient (Wildman–Crippen LogP) is 4.85. The van der Waals surface area contributed by atoms with Crippen molar-refractivity contribution in [2.45, 2.75) is 95.2 Å². The van der Waals surface area contributed by atoms with Crippen molar-refractivity contribution in [2.75, 3.05) is 0 Å². The Morgan fingerprint density at radius 2 is 0.955 bits per heavy atom. The van der Waals surface area contributed by atoms with Crippen molar-refractivity contribution in [3.63, 3.8) is 0 Å². The van der Waals surface area contributed by atoms with Crippen LogP contribution in [0.4, 0.5) is 0 Å². The van der Waals surface area contributed by atoms with E-state index in [1.807, 2.05) is 0 Å². The highest BCUT2D eigenvalue weighted by molar-refractivity contribution is 5.51. The molecule has 0 amide bonds. The van der Waals surface area contributed by atoms with Crippen LogP contribution in [0.25, 0.3) is 0 Å². The van der Waals surface area contributed by atoms with Crippen molar-refractivity contribution >= 4 is 0 Å². The lowest BCUT2D eigenvalue weighted by Crippen LogP contribution is -2.48. The minimum absolute atomic E-state index is 0.768. The van der Waals surface area contributed by atoms with Gasteiger partial charge in [-0.15, -0.1) is 0 Å². The van der Waals surface area contributed by atoms with Gasteiger partial charge in [-0.1, -0.05) is 40.0 Å². The summed E-state index contributed by atoms with van der Waals surface area (Å²) < 4.78 is 0. The smallest absolute Gasteiger partial charge is 0.0288 e. The predicted molar refractivity (Wildman–Crippen MR) is 89.5 cm³/mol. The third-order valence-corrected chi connectivity index (χ3v) is 9.19. The maximum atomic E-state index is 3.33. The molecule has 9 unspecified atom stereocenters. The maximum absolute atomic E-state index is 3.33. The average molecular weight is 300 g/mol. The molecule has 6 saturated carbocycles. The van der Waals surface area contributed by atoms with Gasteiger partial charge in [0.05, 0.1) is 0 Å². The molecule has 6 aliphatic rings. The molecule has 0 saturated heterocycles. The molecule has 122 valence electrons. The van der Waals surface area contributed by atoms with Gasteiger partial charge in [0.1, 0.15) is 0 Å². The van der Waals surface area contributed by atoms with Gasteiger partial charge < -0.3 is 0 Å². The van der Waals surface area contributed by atoms with Crippen molar-refractivity contribution < 1.29 is 0 Å². The summed E-state index contributed by atoms with van der Waals surface area (Å²) >= 11 is 0. The first-order chi connectivity index (χ1) is 10.7. The lowest BCUT2D eigenvalue weighted by atomic mass is 9.96. The van der Waals surface area contributed by atoms with E-state index < -0.39 is 0 Å². The van der Waals surface area contributed by atoms with Crippen LogP contribution in [-0.4, -0.2) is 21.5 Å². The Labute approximate surface area is 136 Å². The van der Waals surface area contributed by atoms with Gasteiger partial charge >= 0.3 is 0 Å². The molecular weight excluding hydrogens is 266 g/mol. The fourth-order valence-corrected chi connectivity index (χ4v) is 7.76. The van der Waals surface area contributed by atoms with E-state index in [9.17, 15) is 0 Å². The lowest BCUT2D eigenvalue weighted by molar-refractivity contribution is 0.0759. The third-order valence-electron chi connectivity index (χ3n) is 9.19. The summed E-state index contributed by atoms with van der Waals surface area (Å²) in [5.74, 6) is 6.79. The van der Waals surface area contributed by atoms with Crippen molar-refractivity contribution in [1.82, 2.24) is 4.90 Å². The number of nitrogens with zero attached hydrogens (tertiary/aromatic N) is 1. The molecule has 0 heterocycles. The van der Waals surface area contributed by atoms with Crippen molar-refractivity contribution in [1.29, 1.82) is 0 Å². The zero-order valence-electron chi connectivity index (χ0n) is 14.8. The first-order valence-corrected chi connectivity index (χ1v) is 10.5. The zero-order chi connectivity index (χ0) is 14.9. The molecule has 22 heavy (non-hydrogen) atoms. The van der Waals surface area contributed by atoms with E-state index in [1.165, 1.54) is 38.5 Å². The molecule has 0 spiro atoms. The van der Waals surface area contributed by atoms with E-state index in [2.05, 4.69) is 25.7 Å². The molecule has 0 aromatic rings. The Bertz CT molecular complexity index is 466. The monoisotopic (exact) mass is 299 g/mol. The molecule has 6 fully saturated rings. The van der Waals surface area contributed by atoms with Crippen LogP contribution in [0, 0.1) is 35.5 Å². The van der Waals surface area contributed by atoms with Crippen LogP contribution in [0.1, 0.15) is 78.6 Å². The molecule has 0 bridgehead atoms. The lowest BCUT2D eigenvalue weighted by Gasteiger charge is -2.38. The Morgan fingerprint density at radius 1 is 0.636 bits per heavy atom. The highest BCUT2D eigenvalue weighted by atomic mass is 15.5. The van der Waals surface area contributed by atoms with Crippen LogP contribution in [0.15, 0.2) is 0 Å². The third kappa shape index (κ3) is 1.18. The SMILES string of the molecule is CCCC1C2CC12N(C12CC1C2CCC)C12CC1C2CCC. The molecule has 6 aliphatic carbocycles. The molecule has 0 N–H and O–H groups in total. The van der Waals surface area contributed by atoms with Gasteiger partial charge in [-0.3, -0.25) is 4.90 Å². The van der Waals surface area contributed by atoms with Crippen LogP contribution in [0.3, 0.4) is 0 Å². The Hall–Kier alpha value is -0.0400. The van der Waals surface area contributed by atoms with Crippen molar-refractivity contribution in [3.8, 4) is 0 Å². The first-order valence-electron chi connectivity index (χ1n) is 10.5. The van der Waals surface area contributed by atoms with E-state index in [1.54, 1.807) is 19.3 Å². The molecule has 1 nitrogen and oxygen atoms in total. The van der Waals surface area contributed by atoms with E-state index in [0.29, 0.717) is 0 Å². The molecule has 1 heteroatoms. The molecule has 0 aromatic carbocycles. The van der Waals surface area contributed by atoms with Crippen LogP contribution in [-0.2, 0) is 0 Å². The van der Waals surface area contributed by atoms with Gasteiger partial charge in [-0.05, 0) is 74.0 Å². The van der Waals surface area contributed by atoms with Gasteiger partial charge in [0.25, 0.3) is 0 Å².